The number of halogens is 1. The standard InChI is InChI=1S/C17H17BrN2O/c1-11(14-6-3-7-19-10-14)17(21)20-16-9-13-5-2-4-12(13)8-15(16)18/h3,6-11H,2,4-5H2,1H3,(H,20,21)/t11-/m0/s1. The van der Waals surface area contributed by atoms with Gasteiger partial charge in [0.15, 0.2) is 0 Å². The normalized spacial score (nSPS) is 14.6. The SMILES string of the molecule is C[C@H](C(=O)Nc1cc2c(cc1Br)CCC2)c1cccnc1. The molecule has 0 fully saturated rings. The quantitative estimate of drug-likeness (QED) is 0.911. The molecule has 0 saturated carbocycles. The average Bonchev–Trinajstić information content (AvgIpc) is 2.94. The molecule has 1 atom stereocenters. The molecule has 0 aliphatic heterocycles. The van der Waals surface area contributed by atoms with Crippen molar-refractivity contribution >= 4 is 27.5 Å². The number of aromatic nitrogens is 1. The summed E-state index contributed by atoms with van der Waals surface area (Å²) in [6.45, 7) is 1.90. The van der Waals surface area contributed by atoms with Crippen molar-refractivity contribution in [1.82, 2.24) is 4.98 Å². The summed E-state index contributed by atoms with van der Waals surface area (Å²) < 4.78 is 0.954. The first kappa shape index (κ1) is 14.3. The number of benzene rings is 1. The molecular formula is C17H17BrN2O. The Morgan fingerprint density at radius 1 is 1.33 bits per heavy atom. The molecule has 0 radical (unpaired) electrons. The van der Waals surface area contributed by atoms with Gasteiger partial charge in [0, 0.05) is 16.9 Å². The molecule has 3 rings (SSSR count). The van der Waals surface area contributed by atoms with Crippen molar-refractivity contribution in [2.75, 3.05) is 5.32 Å². The van der Waals surface area contributed by atoms with E-state index < -0.39 is 0 Å². The lowest BCUT2D eigenvalue weighted by atomic mass is 10.0. The van der Waals surface area contributed by atoms with Crippen LogP contribution in [0.5, 0.6) is 0 Å². The van der Waals surface area contributed by atoms with Crippen molar-refractivity contribution in [3.8, 4) is 0 Å². The van der Waals surface area contributed by atoms with Gasteiger partial charge in [0.25, 0.3) is 0 Å². The first-order valence-corrected chi connectivity index (χ1v) is 7.96. The van der Waals surface area contributed by atoms with Gasteiger partial charge in [0.05, 0.1) is 11.6 Å². The molecule has 1 aliphatic rings. The average molecular weight is 345 g/mol. The van der Waals surface area contributed by atoms with Gasteiger partial charge in [-0.15, -0.1) is 0 Å². The van der Waals surface area contributed by atoms with Crippen molar-refractivity contribution < 1.29 is 4.79 Å². The topological polar surface area (TPSA) is 42.0 Å². The van der Waals surface area contributed by atoms with Crippen LogP contribution in [-0.4, -0.2) is 10.9 Å². The third kappa shape index (κ3) is 3.00. The fraction of sp³-hybridized carbons (Fsp3) is 0.294. The second-order valence-corrected chi connectivity index (χ2v) is 6.31. The molecule has 1 heterocycles. The molecular weight excluding hydrogens is 328 g/mol. The van der Waals surface area contributed by atoms with Crippen LogP contribution in [0.25, 0.3) is 0 Å². The summed E-state index contributed by atoms with van der Waals surface area (Å²) in [5.41, 5.74) is 4.52. The number of hydrogen-bond donors (Lipinski definition) is 1. The van der Waals surface area contributed by atoms with E-state index in [0.29, 0.717) is 0 Å². The minimum Gasteiger partial charge on any atom is -0.325 e. The summed E-state index contributed by atoms with van der Waals surface area (Å²) in [5.74, 6) is -0.236. The van der Waals surface area contributed by atoms with Crippen molar-refractivity contribution in [2.24, 2.45) is 0 Å². The smallest absolute Gasteiger partial charge is 0.231 e. The number of carbonyl (C=O) groups is 1. The number of fused-ring (bicyclic) bond motifs is 1. The van der Waals surface area contributed by atoms with Gasteiger partial charge in [-0.25, -0.2) is 0 Å². The second-order valence-electron chi connectivity index (χ2n) is 5.45. The Morgan fingerprint density at radius 3 is 2.81 bits per heavy atom. The van der Waals surface area contributed by atoms with Gasteiger partial charge < -0.3 is 5.32 Å². The number of pyridine rings is 1. The maximum atomic E-state index is 12.4. The van der Waals surface area contributed by atoms with E-state index in [1.807, 2.05) is 19.1 Å². The first-order chi connectivity index (χ1) is 10.1. The van der Waals surface area contributed by atoms with E-state index in [-0.39, 0.29) is 11.8 Å². The Labute approximate surface area is 132 Å². The summed E-state index contributed by atoms with van der Waals surface area (Å²) >= 11 is 3.56. The van der Waals surface area contributed by atoms with E-state index in [1.54, 1.807) is 12.4 Å². The Bertz CT molecular complexity index is 670. The molecule has 3 nitrogen and oxygen atoms in total. The van der Waals surface area contributed by atoms with Gasteiger partial charge >= 0.3 is 0 Å². The fourth-order valence-corrected chi connectivity index (χ4v) is 3.20. The van der Waals surface area contributed by atoms with Gasteiger partial charge in [-0.3, -0.25) is 9.78 Å². The number of nitrogens with one attached hydrogen (secondary N) is 1. The molecule has 1 N–H and O–H groups in total. The number of rotatable bonds is 3. The molecule has 1 aromatic carbocycles. The van der Waals surface area contributed by atoms with Gasteiger partial charge in [-0.05, 0) is 77.0 Å². The van der Waals surface area contributed by atoms with Gasteiger partial charge in [-0.1, -0.05) is 6.07 Å². The molecule has 108 valence electrons. The predicted molar refractivity (Wildman–Crippen MR) is 87.4 cm³/mol. The van der Waals surface area contributed by atoms with E-state index in [4.69, 9.17) is 0 Å². The van der Waals surface area contributed by atoms with Crippen molar-refractivity contribution in [3.63, 3.8) is 0 Å². The summed E-state index contributed by atoms with van der Waals surface area (Å²) in [4.78, 5) is 16.5. The molecule has 0 unspecified atom stereocenters. The Balaban J connectivity index is 1.79. The monoisotopic (exact) mass is 344 g/mol. The van der Waals surface area contributed by atoms with Crippen LogP contribution in [0.3, 0.4) is 0 Å². The third-order valence-electron chi connectivity index (χ3n) is 4.02. The molecule has 1 amide bonds. The molecule has 2 aromatic rings. The number of anilines is 1. The Kier molecular flexibility index (Phi) is 4.06. The van der Waals surface area contributed by atoms with E-state index in [9.17, 15) is 4.79 Å². The lowest BCUT2D eigenvalue weighted by molar-refractivity contribution is -0.117. The highest BCUT2D eigenvalue weighted by molar-refractivity contribution is 9.10. The van der Waals surface area contributed by atoms with Gasteiger partial charge in [0.2, 0.25) is 5.91 Å². The van der Waals surface area contributed by atoms with E-state index in [2.05, 4.69) is 38.4 Å². The molecule has 21 heavy (non-hydrogen) atoms. The summed E-state index contributed by atoms with van der Waals surface area (Å²) in [7, 11) is 0. The Morgan fingerprint density at radius 2 is 2.10 bits per heavy atom. The van der Waals surface area contributed by atoms with Crippen LogP contribution in [-0.2, 0) is 17.6 Å². The van der Waals surface area contributed by atoms with Crippen LogP contribution in [0.15, 0.2) is 41.1 Å². The molecule has 0 bridgehead atoms. The van der Waals surface area contributed by atoms with Crippen LogP contribution in [0, 0.1) is 0 Å². The number of hydrogen-bond acceptors (Lipinski definition) is 2. The van der Waals surface area contributed by atoms with Crippen LogP contribution in [0.1, 0.15) is 36.0 Å². The second kappa shape index (κ2) is 5.98. The van der Waals surface area contributed by atoms with Crippen molar-refractivity contribution in [2.45, 2.75) is 32.1 Å². The lowest BCUT2D eigenvalue weighted by Crippen LogP contribution is -2.19. The minimum absolute atomic E-state index is 0.0124. The third-order valence-corrected chi connectivity index (χ3v) is 4.67. The maximum Gasteiger partial charge on any atom is 0.231 e. The summed E-state index contributed by atoms with van der Waals surface area (Å²) in [5, 5.41) is 3.02. The maximum absolute atomic E-state index is 12.4. The summed E-state index contributed by atoms with van der Waals surface area (Å²) in [6, 6.07) is 8.01. The van der Waals surface area contributed by atoms with E-state index >= 15 is 0 Å². The lowest BCUT2D eigenvalue weighted by Gasteiger charge is -2.14. The molecule has 1 aliphatic carbocycles. The zero-order chi connectivity index (χ0) is 14.8. The number of nitrogens with zero attached hydrogens (tertiary/aromatic N) is 1. The largest absolute Gasteiger partial charge is 0.325 e. The van der Waals surface area contributed by atoms with Crippen molar-refractivity contribution in [1.29, 1.82) is 0 Å². The van der Waals surface area contributed by atoms with Crippen LogP contribution in [0.2, 0.25) is 0 Å². The summed E-state index contributed by atoms with van der Waals surface area (Å²) in [6.07, 6.45) is 6.89. The fourth-order valence-electron chi connectivity index (χ4n) is 2.71. The predicted octanol–water partition coefficient (Wildman–Crippen LogP) is 4.08. The molecule has 0 spiro atoms. The number of aryl methyl sites for hydroxylation is 2. The highest BCUT2D eigenvalue weighted by Crippen LogP contribution is 2.32. The zero-order valence-electron chi connectivity index (χ0n) is 11.9. The van der Waals surface area contributed by atoms with Crippen LogP contribution in [0.4, 0.5) is 5.69 Å². The highest BCUT2D eigenvalue weighted by atomic mass is 79.9. The highest BCUT2D eigenvalue weighted by Gasteiger charge is 2.19. The van der Waals surface area contributed by atoms with E-state index in [0.717, 1.165) is 28.6 Å². The first-order valence-electron chi connectivity index (χ1n) is 7.17. The zero-order valence-corrected chi connectivity index (χ0v) is 13.5. The number of carbonyl (C=O) groups excluding carboxylic acids is 1. The Hall–Kier alpha value is -1.68. The van der Waals surface area contributed by atoms with Crippen LogP contribution >= 0.6 is 15.9 Å². The van der Waals surface area contributed by atoms with Crippen LogP contribution < -0.4 is 5.32 Å². The molecule has 0 saturated heterocycles. The van der Waals surface area contributed by atoms with E-state index in [1.165, 1.54) is 17.5 Å². The van der Waals surface area contributed by atoms with Gasteiger partial charge in [-0.2, -0.15) is 0 Å². The molecule has 4 heteroatoms. The molecule has 1 aromatic heterocycles. The van der Waals surface area contributed by atoms with Gasteiger partial charge in [0.1, 0.15) is 0 Å². The van der Waals surface area contributed by atoms with Crippen molar-refractivity contribution in [3.05, 3.63) is 57.8 Å². The minimum atomic E-state index is -0.223. The number of amides is 1.